The Bertz CT molecular complexity index is 1310. The molecule has 3 aromatic rings. The zero-order valence-electron chi connectivity index (χ0n) is 19.8. The number of methoxy groups -OCH3 is 1. The molecule has 2 atom stereocenters. The third-order valence-corrected chi connectivity index (χ3v) is 6.26. The number of amides is 1. The summed E-state index contributed by atoms with van der Waals surface area (Å²) in [6.07, 6.45) is -1.12. The molecule has 1 saturated heterocycles. The van der Waals surface area contributed by atoms with Gasteiger partial charge in [-0.25, -0.2) is 0 Å². The molecule has 36 heavy (non-hydrogen) atoms. The molecule has 1 fully saturated rings. The Balaban J connectivity index is 1.48. The van der Waals surface area contributed by atoms with Gasteiger partial charge in [-0.1, -0.05) is 41.9 Å². The van der Waals surface area contributed by atoms with E-state index in [0.717, 1.165) is 0 Å². The number of carbonyl (C=O) groups is 4. The van der Waals surface area contributed by atoms with Gasteiger partial charge >= 0.3 is 5.97 Å². The predicted molar refractivity (Wildman–Crippen MR) is 135 cm³/mol. The minimum Gasteiger partial charge on any atom is -0.497 e. The van der Waals surface area contributed by atoms with E-state index in [1.54, 1.807) is 66.7 Å². The van der Waals surface area contributed by atoms with Gasteiger partial charge in [0.1, 0.15) is 5.75 Å². The Morgan fingerprint density at radius 2 is 1.67 bits per heavy atom. The average Bonchev–Trinajstić information content (AvgIpc) is 3.29. The average molecular weight is 506 g/mol. The van der Waals surface area contributed by atoms with Gasteiger partial charge in [0, 0.05) is 34.7 Å². The number of halogens is 1. The molecule has 0 saturated carbocycles. The third kappa shape index (κ3) is 5.31. The maximum Gasteiger partial charge on any atom is 0.312 e. The van der Waals surface area contributed by atoms with Gasteiger partial charge in [-0.15, -0.1) is 0 Å². The molecule has 1 aliphatic rings. The fraction of sp³-hybridized carbons (Fsp3) is 0.214. The van der Waals surface area contributed by atoms with Gasteiger partial charge in [0.25, 0.3) is 0 Å². The lowest BCUT2D eigenvalue weighted by Crippen LogP contribution is -2.31. The summed E-state index contributed by atoms with van der Waals surface area (Å²) in [6.45, 7) is 1.52. The van der Waals surface area contributed by atoms with Crippen molar-refractivity contribution in [2.24, 2.45) is 5.92 Å². The Labute approximate surface area is 213 Å². The van der Waals surface area contributed by atoms with Crippen molar-refractivity contribution in [2.75, 3.05) is 18.6 Å². The Morgan fingerprint density at radius 3 is 2.33 bits per heavy atom. The normalized spacial score (nSPS) is 15.9. The van der Waals surface area contributed by atoms with Gasteiger partial charge in [-0.3, -0.25) is 19.2 Å². The van der Waals surface area contributed by atoms with Crippen molar-refractivity contribution in [1.29, 1.82) is 0 Å². The van der Waals surface area contributed by atoms with E-state index in [-0.39, 0.29) is 36.0 Å². The van der Waals surface area contributed by atoms with Gasteiger partial charge in [0.05, 0.1) is 18.7 Å². The standard InChI is InChI=1S/C28H24ClNO6/c1-17(26(32)19-8-11-22(35-2)12-9-19)36-28(34)20-14-25(31)30(16-20)24-13-10-21(29)15-23(24)27(33)18-6-4-3-5-7-18/h3-13,15,17,20H,14,16H2,1-2H3/t17-,20+/m0/s1. The largest absolute Gasteiger partial charge is 0.497 e. The molecule has 8 heteroatoms. The van der Waals surface area contributed by atoms with Crippen LogP contribution in [0.5, 0.6) is 5.75 Å². The summed E-state index contributed by atoms with van der Waals surface area (Å²) in [4.78, 5) is 53.0. The number of esters is 1. The maximum atomic E-state index is 13.2. The van der Waals surface area contributed by atoms with Crippen LogP contribution in [-0.4, -0.2) is 43.2 Å². The zero-order valence-corrected chi connectivity index (χ0v) is 20.5. The third-order valence-electron chi connectivity index (χ3n) is 6.03. The van der Waals surface area contributed by atoms with Gasteiger partial charge < -0.3 is 14.4 Å². The molecule has 0 unspecified atom stereocenters. The molecule has 7 nitrogen and oxygen atoms in total. The minimum atomic E-state index is -1.03. The topological polar surface area (TPSA) is 90.0 Å². The first-order valence-corrected chi connectivity index (χ1v) is 11.7. The summed E-state index contributed by atoms with van der Waals surface area (Å²) in [6, 6.07) is 19.9. The molecule has 1 aliphatic heterocycles. The summed E-state index contributed by atoms with van der Waals surface area (Å²) in [7, 11) is 1.53. The maximum absolute atomic E-state index is 13.2. The SMILES string of the molecule is COc1ccc(C(=O)[C@H](C)OC(=O)[C@@H]2CC(=O)N(c3ccc(Cl)cc3C(=O)c3ccccc3)C2)cc1. The van der Waals surface area contributed by atoms with Crippen LogP contribution in [0, 0.1) is 5.92 Å². The lowest BCUT2D eigenvalue weighted by Gasteiger charge is -2.20. The molecule has 4 rings (SSSR count). The molecule has 0 N–H and O–H groups in total. The van der Waals surface area contributed by atoms with Crippen LogP contribution in [-0.2, 0) is 14.3 Å². The number of hydrogen-bond donors (Lipinski definition) is 0. The van der Waals surface area contributed by atoms with Crippen LogP contribution < -0.4 is 9.64 Å². The van der Waals surface area contributed by atoms with Crippen LogP contribution >= 0.6 is 11.6 Å². The van der Waals surface area contributed by atoms with Gasteiger partial charge in [-0.05, 0) is 49.4 Å². The summed E-state index contributed by atoms with van der Waals surface area (Å²) in [5, 5.41) is 0.353. The smallest absolute Gasteiger partial charge is 0.312 e. The molecule has 1 heterocycles. The van der Waals surface area contributed by atoms with E-state index in [9.17, 15) is 19.2 Å². The van der Waals surface area contributed by atoms with E-state index >= 15 is 0 Å². The molecule has 0 bridgehead atoms. The molecule has 3 aromatic carbocycles. The van der Waals surface area contributed by atoms with Crippen molar-refractivity contribution in [1.82, 2.24) is 0 Å². The Kier molecular flexibility index (Phi) is 7.50. The van der Waals surface area contributed by atoms with Gasteiger partial charge in [0.15, 0.2) is 11.9 Å². The van der Waals surface area contributed by atoms with Crippen LogP contribution in [0.1, 0.15) is 39.6 Å². The fourth-order valence-electron chi connectivity index (χ4n) is 4.08. The van der Waals surface area contributed by atoms with E-state index in [1.807, 2.05) is 0 Å². The number of ketones is 2. The summed E-state index contributed by atoms with van der Waals surface area (Å²) < 4.78 is 10.5. The van der Waals surface area contributed by atoms with E-state index in [2.05, 4.69) is 0 Å². The molecular formula is C28H24ClNO6. The first kappa shape index (κ1) is 25.1. The summed E-state index contributed by atoms with van der Waals surface area (Å²) in [5.74, 6) is -1.79. The first-order chi connectivity index (χ1) is 17.3. The van der Waals surface area contributed by atoms with Crippen molar-refractivity contribution in [3.63, 3.8) is 0 Å². The highest BCUT2D eigenvalue weighted by Gasteiger charge is 2.38. The number of hydrogen-bond acceptors (Lipinski definition) is 6. The van der Waals surface area contributed by atoms with E-state index in [1.165, 1.54) is 25.0 Å². The minimum absolute atomic E-state index is 0.0256. The highest BCUT2D eigenvalue weighted by Crippen LogP contribution is 2.32. The number of Topliss-reactive ketones (excluding diaryl/α,β-unsaturated/α-hetero) is 1. The van der Waals surface area contributed by atoms with Crippen molar-refractivity contribution in [3.05, 3.63) is 94.5 Å². The van der Waals surface area contributed by atoms with Gasteiger partial charge in [0.2, 0.25) is 11.7 Å². The summed E-state index contributed by atoms with van der Waals surface area (Å²) >= 11 is 6.16. The number of carbonyl (C=O) groups excluding carboxylic acids is 4. The van der Waals surface area contributed by atoms with Crippen molar-refractivity contribution < 1.29 is 28.7 Å². The van der Waals surface area contributed by atoms with Crippen molar-refractivity contribution >= 4 is 40.7 Å². The Hall–Kier alpha value is -3.97. The van der Waals surface area contributed by atoms with Crippen LogP contribution in [0.2, 0.25) is 5.02 Å². The highest BCUT2D eigenvalue weighted by molar-refractivity contribution is 6.31. The van der Waals surface area contributed by atoms with E-state index in [0.29, 0.717) is 27.6 Å². The number of rotatable bonds is 8. The molecule has 0 aromatic heterocycles. The number of benzene rings is 3. The molecule has 0 spiro atoms. The van der Waals surface area contributed by atoms with Crippen LogP contribution in [0.15, 0.2) is 72.8 Å². The molecule has 0 radical (unpaired) electrons. The lowest BCUT2D eigenvalue weighted by molar-refractivity contribution is -0.151. The Morgan fingerprint density at radius 1 is 0.972 bits per heavy atom. The van der Waals surface area contributed by atoms with Crippen LogP contribution in [0.4, 0.5) is 5.69 Å². The number of anilines is 1. The predicted octanol–water partition coefficient (Wildman–Crippen LogP) is 4.75. The van der Waals surface area contributed by atoms with Crippen LogP contribution in [0.25, 0.3) is 0 Å². The number of ether oxygens (including phenoxy) is 2. The molecule has 184 valence electrons. The second-order valence-corrected chi connectivity index (χ2v) is 8.87. The van der Waals surface area contributed by atoms with Gasteiger partial charge in [-0.2, -0.15) is 0 Å². The van der Waals surface area contributed by atoms with Crippen molar-refractivity contribution in [3.8, 4) is 5.75 Å². The second kappa shape index (κ2) is 10.7. The van der Waals surface area contributed by atoms with Crippen molar-refractivity contribution in [2.45, 2.75) is 19.4 Å². The molecule has 0 aliphatic carbocycles. The number of nitrogens with zero attached hydrogens (tertiary/aromatic N) is 1. The zero-order chi connectivity index (χ0) is 25.8. The fourth-order valence-corrected chi connectivity index (χ4v) is 4.25. The highest BCUT2D eigenvalue weighted by atomic mass is 35.5. The summed E-state index contributed by atoms with van der Waals surface area (Å²) in [5.41, 5.74) is 1.47. The quantitative estimate of drug-likeness (QED) is 0.324. The molecule has 1 amide bonds. The second-order valence-electron chi connectivity index (χ2n) is 8.43. The molecular weight excluding hydrogens is 482 g/mol. The van der Waals surface area contributed by atoms with E-state index < -0.39 is 18.0 Å². The lowest BCUT2D eigenvalue weighted by atomic mass is 10.0. The monoisotopic (exact) mass is 505 g/mol. The van der Waals surface area contributed by atoms with E-state index in [4.69, 9.17) is 21.1 Å². The van der Waals surface area contributed by atoms with Crippen LogP contribution in [0.3, 0.4) is 0 Å². The first-order valence-electron chi connectivity index (χ1n) is 11.4.